The normalized spacial score (nSPS) is 23.0. The first-order valence-corrected chi connectivity index (χ1v) is 7.41. The van der Waals surface area contributed by atoms with E-state index in [4.69, 9.17) is 0 Å². The zero-order chi connectivity index (χ0) is 15.4. The first kappa shape index (κ1) is 15.9. The van der Waals surface area contributed by atoms with Crippen molar-refractivity contribution in [1.29, 1.82) is 0 Å². The second kappa shape index (κ2) is 7.00. The third-order valence-electron chi connectivity index (χ3n) is 4.10. The van der Waals surface area contributed by atoms with E-state index >= 15 is 0 Å². The highest BCUT2D eigenvalue weighted by molar-refractivity contribution is 5.89. The zero-order valence-electron chi connectivity index (χ0n) is 12.9. The van der Waals surface area contributed by atoms with Crippen molar-refractivity contribution in [3.63, 3.8) is 0 Å². The highest BCUT2D eigenvalue weighted by atomic mass is 19.1. The minimum absolute atomic E-state index is 0.0269. The number of carbonyl (C=O) groups is 1. The van der Waals surface area contributed by atoms with Crippen LogP contribution in [0.4, 0.5) is 4.39 Å². The summed E-state index contributed by atoms with van der Waals surface area (Å²) in [5.74, 6) is -1.19. The number of hydrazine groups is 1. The minimum atomic E-state index is -0.648. The van der Waals surface area contributed by atoms with Crippen LogP contribution in [0.3, 0.4) is 0 Å². The Bertz CT molecular complexity index is 497. The van der Waals surface area contributed by atoms with Crippen LogP contribution in [0.2, 0.25) is 0 Å². The number of esters is 1. The molecule has 2 rings (SSSR count). The van der Waals surface area contributed by atoms with E-state index in [2.05, 4.69) is 29.0 Å². The molecular formula is C16H23FN2O2. The highest BCUT2D eigenvalue weighted by Crippen LogP contribution is 2.20. The molecule has 2 atom stereocenters. The average molecular weight is 294 g/mol. The molecule has 1 aromatic carbocycles. The molecule has 0 aliphatic carbocycles. The van der Waals surface area contributed by atoms with E-state index < -0.39 is 11.8 Å². The smallest absolute Gasteiger partial charge is 0.340 e. The van der Waals surface area contributed by atoms with E-state index in [-0.39, 0.29) is 5.56 Å². The van der Waals surface area contributed by atoms with Crippen LogP contribution in [0.1, 0.15) is 49.0 Å². The van der Waals surface area contributed by atoms with E-state index in [0.29, 0.717) is 18.6 Å². The number of hydrogen-bond donors (Lipinski definition) is 1. The first-order valence-electron chi connectivity index (χ1n) is 7.41. The van der Waals surface area contributed by atoms with Gasteiger partial charge in [0, 0.05) is 18.6 Å². The number of carbonyl (C=O) groups excluding carboxylic acids is 1. The Kier molecular flexibility index (Phi) is 5.31. The van der Waals surface area contributed by atoms with E-state index in [1.807, 2.05) is 0 Å². The molecule has 1 aromatic rings. The molecule has 1 saturated heterocycles. The Morgan fingerprint density at radius 3 is 2.62 bits per heavy atom. The lowest BCUT2D eigenvalue weighted by atomic mass is 10.00. The molecule has 1 aliphatic rings. The number of nitrogens with one attached hydrogen (secondary N) is 1. The van der Waals surface area contributed by atoms with Gasteiger partial charge in [-0.05, 0) is 44.4 Å². The summed E-state index contributed by atoms with van der Waals surface area (Å²) in [5.41, 5.74) is 4.16. The van der Waals surface area contributed by atoms with Crippen LogP contribution < -0.4 is 5.43 Å². The van der Waals surface area contributed by atoms with Gasteiger partial charge in [0.05, 0.1) is 12.7 Å². The van der Waals surface area contributed by atoms with Crippen molar-refractivity contribution in [3.05, 3.63) is 35.1 Å². The lowest BCUT2D eigenvalue weighted by Crippen LogP contribution is -2.51. The van der Waals surface area contributed by atoms with Crippen LogP contribution in [-0.4, -0.2) is 30.2 Å². The van der Waals surface area contributed by atoms with Crippen molar-refractivity contribution in [1.82, 2.24) is 10.4 Å². The molecule has 1 fully saturated rings. The van der Waals surface area contributed by atoms with Crippen LogP contribution in [0, 0.1) is 5.82 Å². The van der Waals surface area contributed by atoms with Crippen molar-refractivity contribution in [3.8, 4) is 0 Å². The van der Waals surface area contributed by atoms with Crippen molar-refractivity contribution >= 4 is 5.97 Å². The molecule has 1 aliphatic heterocycles. The van der Waals surface area contributed by atoms with Gasteiger partial charge in [0.15, 0.2) is 0 Å². The molecule has 0 amide bonds. The molecule has 0 radical (unpaired) electrons. The van der Waals surface area contributed by atoms with Crippen LogP contribution in [0.25, 0.3) is 0 Å². The number of ether oxygens (including phenoxy) is 1. The zero-order valence-corrected chi connectivity index (χ0v) is 12.9. The topological polar surface area (TPSA) is 41.6 Å². The summed E-state index contributed by atoms with van der Waals surface area (Å²) in [4.78, 5) is 11.4. The average Bonchev–Trinajstić information content (AvgIpc) is 2.46. The molecule has 4 nitrogen and oxygen atoms in total. The molecule has 0 spiro atoms. The molecule has 0 saturated carbocycles. The molecule has 0 aromatic heterocycles. The molecule has 0 bridgehead atoms. The Labute approximate surface area is 125 Å². The predicted molar refractivity (Wildman–Crippen MR) is 79.2 cm³/mol. The summed E-state index contributed by atoms with van der Waals surface area (Å²) in [6.45, 7) is 4.94. The third kappa shape index (κ3) is 3.80. The standard InChI is InChI=1S/C16H23FN2O2/c1-11-5-4-6-12(2)19(11)18-10-13-7-8-14(15(17)9-13)16(20)21-3/h7-9,11-12,18H,4-6,10H2,1-3H3. The van der Waals surface area contributed by atoms with Crippen LogP contribution in [0.5, 0.6) is 0 Å². The summed E-state index contributed by atoms with van der Waals surface area (Å²) in [7, 11) is 1.25. The predicted octanol–water partition coefficient (Wildman–Crippen LogP) is 2.88. The first-order chi connectivity index (χ1) is 10.0. The molecule has 1 heterocycles. The number of hydrogen-bond acceptors (Lipinski definition) is 4. The van der Waals surface area contributed by atoms with Gasteiger partial charge in [-0.3, -0.25) is 5.43 Å². The van der Waals surface area contributed by atoms with Crippen LogP contribution >= 0.6 is 0 Å². The summed E-state index contributed by atoms with van der Waals surface area (Å²) in [6.07, 6.45) is 3.60. The largest absolute Gasteiger partial charge is 0.465 e. The van der Waals surface area contributed by atoms with Gasteiger partial charge in [-0.1, -0.05) is 12.5 Å². The van der Waals surface area contributed by atoms with Gasteiger partial charge >= 0.3 is 5.97 Å². The fraction of sp³-hybridized carbons (Fsp3) is 0.562. The highest BCUT2D eigenvalue weighted by Gasteiger charge is 2.24. The minimum Gasteiger partial charge on any atom is -0.465 e. The summed E-state index contributed by atoms with van der Waals surface area (Å²) in [6, 6.07) is 5.57. The van der Waals surface area contributed by atoms with Crippen molar-refractivity contribution < 1.29 is 13.9 Å². The van der Waals surface area contributed by atoms with Gasteiger partial charge in [-0.25, -0.2) is 14.2 Å². The summed E-state index contributed by atoms with van der Waals surface area (Å²) in [5, 5.41) is 2.25. The van der Waals surface area contributed by atoms with Gasteiger partial charge in [0.1, 0.15) is 5.82 Å². The maximum absolute atomic E-state index is 13.9. The van der Waals surface area contributed by atoms with E-state index in [0.717, 1.165) is 5.56 Å². The Hall–Kier alpha value is -1.46. The second-order valence-electron chi connectivity index (χ2n) is 5.68. The maximum atomic E-state index is 13.9. The molecule has 116 valence electrons. The fourth-order valence-electron chi connectivity index (χ4n) is 2.86. The number of benzene rings is 1. The number of halogens is 1. The lowest BCUT2D eigenvalue weighted by Gasteiger charge is -2.39. The van der Waals surface area contributed by atoms with Crippen molar-refractivity contribution in [2.24, 2.45) is 0 Å². The van der Waals surface area contributed by atoms with E-state index in [9.17, 15) is 9.18 Å². The van der Waals surface area contributed by atoms with E-state index in [1.165, 1.54) is 38.5 Å². The molecule has 21 heavy (non-hydrogen) atoms. The quantitative estimate of drug-likeness (QED) is 0.867. The van der Waals surface area contributed by atoms with E-state index in [1.54, 1.807) is 6.07 Å². The van der Waals surface area contributed by atoms with Crippen LogP contribution in [0.15, 0.2) is 18.2 Å². The van der Waals surface area contributed by atoms with Crippen LogP contribution in [-0.2, 0) is 11.3 Å². The fourth-order valence-corrected chi connectivity index (χ4v) is 2.86. The molecular weight excluding hydrogens is 271 g/mol. The monoisotopic (exact) mass is 294 g/mol. The molecule has 2 unspecified atom stereocenters. The Balaban J connectivity index is 2.00. The number of methoxy groups -OCH3 is 1. The maximum Gasteiger partial charge on any atom is 0.340 e. The van der Waals surface area contributed by atoms with Gasteiger partial charge in [0.2, 0.25) is 0 Å². The van der Waals surface area contributed by atoms with Gasteiger partial charge < -0.3 is 4.74 Å². The molecule has 1 N–H and O–H groups in total. The van der Waals surface area contributed by atoms with Crippen molar-refractivity contribution in [2.75, 3.05) is 7.11 Å². The number of rotatable bonds is 4. The third-order valence-corrected chi connectivity index (χ3v) is 4.10. The molecule has 5 heteroatoms. The Morgan fingerprint density at radius 2 is 2.05 bits per heavy atom. The lowest BCUT2D eigenvalue weighted by molar-refractivity contribution is 0.0435. The van der Waals surface area contributed by atoms with Gasteiger partial charge in [0.25, 0.3) is 0 Å². The SMILES string of the molecule is COC(=O)c1ccc(CNN2C(C)CCCC2C)cc1F. The Morgan fingerprint density at radius 1 is 1.38 bits per heavy atom. The number of nitrogens with zero attached hydrogens (tertiary/aromatic N) is 1. The van der Waals surface area contributed by atoms with Gasteiger partial charge in [-0.2, -0.15) is 0 Å². The summed E-state index contributed by atoms with van der Waals surface area (Å²) < 4.78 is 18.4. The van der Waals surface area contributed by atoms with Crippen molar-refractivity contribution in [2.45, 2.75) is 51.7 Å². The summed E-state index contributed by atoms with van der Waals surface area (Å²) >= 11 is 0. The second-order valence-corrected chi connectivity index (χ2v) is 5.68. The number of piperidine rings is 1. The van der Waals surface area contributed by atoms with Gasteiger partial charge in [-0.15, -0.1) is 0 Å².